The van der Waals surface area contributed by atoms with Gasteiger partial charge in [0.2, 0.25) is 10.0 Å². The first-order valence-electron chi connectivity index (χ1n) is 11.2. The maximum Gasteiger partial charge on any atom is 0.229 e. The van der Waals surface area contributed by atoms with Crippen LogP contribution in [0.5, 0.6) is 0 Å². The standard InChI is InChI=1S/C23H42N2O2S.BrH/c1-5-7-9-10-15-22(14-8-6-2)24-20(3)12-11-13-21-16-18-23(19-17-21)25-28(4,26)27;/h16-20,22,24-25H,5-15H2,1-4H3;1H. The normalized spacial score (nSPS) is 13.5. The summed E-state index contributed by atoms with van der Waals surface area (Å²) in [6, 6.07) is 8.92. The van der Waals surface area contributed by atoms with Gasteiger partial charge in [-0.25, -0.2) is 8.42 Å². The van der Waals surface area contributed by atoms with Crippen LogP contribution in [-0.4, -0.2) is 26.8 Å². The summed E-state index contributed by atoms with van der Waals surface area (Å²) in [6.07, 6.45) is 15.1. The summed E-state index contributed by atoms with van der Waals surface area (Å²) in [7, 11) is -3.21. The van der Waals surface area contributed by atoms with Crippen LogP contribution >= 0.6 is 17.0 Å². The Morgan fingerprint density at radius 3 is 2.07 bits per heavy atom. The van der Waals surface area contributed by atoms with Gasteiger partial charge in [-0.15, -0.1) is 17.0 Å². The van der Waals surface area contributed by atoms with Crippen LogP contribution in [0.2, 0.25) is 0 Å². The van der Waals surface area contributed by atoms with E-state index in [0.717, 1.165) is 12.8 Å². The Hall–Kier alpha value is -0.590. The van der Waals surface area contributed by atoms with Crippen LogP contribution in [0, 0.1) is 0 Å². The SMILES string of the molecule is Br.CCCCCCC(CCCC)NC(C)CCCc1ccc(NS(C)(=O)=O)cc1. The lowest BCUT2D eigenvalue weighted by Gasteiger charge is -2.23. The first-order chi connectivity index (χ1) is 13.3. The van der Waals surface area contributed by atoms with Crippen molar-refractivity contribution in [3.8, 4) is 0 Å². The van der Waals surface area contributed by atoms with E-state index in [9.17, 15) is 8.42 Å². The van der Waals surface area contributed by atoms with Gasteiger partial charge in [-0.2, -0.15) is 0 Å². The van der Waals surface area contributed by atoms with Crippen LogP contribution in [-0.2, 0) is 16.4 Å². The van der Waals surface area contributed by atoms with Crippen molar-refractivity contribution < 1.29 is 8.42 Å². The van der Waals surface area contributed by atoms with Gasteiger partial charge in [0.1, 0.15) is 0 Å². The average molecular weight is 492 g/mol. The van der Waals surface area contributed by atoms with Crippen molar-refractivity contribution in [1.29, 1.82) is 0 Å². The minimum Gasteiger partial charge on any atom is -0.312 e. The minimum absolute atomic E-state index is 0. The minimum atomic E-state index is -3.21. The Labute approximate surface area is 190 Å². The molecule has 0 spiro atoms. The Kier molecular flexibility index (Phi) is 15.8. The van der Waals surface area contributed by atoms with Gasteiger partial charge in [0.05, 0.1) is 6.26 Å². The molecule has 0 aliphatic rings. The molecule has 0 amide bonds. The zero-order valence-corrected chi connectivity index (χ0v) is 21.4. The first-order valence-corrected chi connectivity index (χ1v) is 13.1. The molecule has 0 bridgehead atoms. The quantitative estimate of drug-likeness (QED) is 0.261. The number of rotatable bonds is 16. The third-order valence-electron chi connectivity index (χ3n) is 5.19. The Morgan fingerprint density at radius 2 is 1.48 bits per heavy atom. The van der Waals surface area contributed by atoms with Gasteiger partial charge in [-0.3, -0.25) is 4.72 Å². The van der Waals surface area contributed by atoms with E-state index < -0.39 is 10.0 Å². The lowest BCUT2D eigenvalue weighted by Crippen LogP contribution is -2.36. The summed E-state index contributed by atoms with van der Waals surface area (Å²) < 4.78 is 25.0. The molecule has 0 aliphatic carbocycles. The predicted molar refractivity (Wildman–Crippen MR) is 133 cm³/mol. The largest absolute Gasteiger partial charge is 0.312 e. The van der Waals surface area contributed by atoms with E-state index in [1.54, 1.807) is 0 Å². The van der Waals surface area contributed by atoms with Crippen molar-refractivity contribution >= 4 is 32.7 Å². The summed E-state index contributed by atoms with van der Waals surface area (Å²) in [5, 5.41) is 3.87. The predicted octanol–water partition coefficient (Wildman–Crippen LogP) is 6.47. The molecule has 0 heterocycles. The van der Waals surface area contributed by atoms with Crippen molar-refractivity contribution in [2.24, 2.45) is 0 Å². The third kappa shape index (κ3) is 14.9. The van der Waals surface area contributed by atoms with Gasteiger partial charge in [0.25, 0.3) is 0 Å². The monoisotopic (exact) mass is 490 g/mol. The topological polar surface area (TPSA) is 58.2 Å². The molecule has 1 aromatic carbocycles. The lowest BCUT2D eigenvalue weighted by atomic mass is 10.00. The zero-order chi connectivity index (χ0) is 20.8. The van der Waals surface area contributed by atoms with Gasteiger partial charge in [-0.05, 0) is 56.7 Å². The van der Waals surface area contributed by atoms with E-state index in [4.69, 9.17) is 0 Å². The highest BCUT2D eigenvalue weighted by Crippen LogP contribution is 2.15. The maximum absolute atomic E-state index is 11.3. The highest BCUT2D eigenvalue weighted by molar-refractivity contribution is 8.93. The molecule has 1 aromatic rings. The molecule has 29 heavy (non-hydrogen) atoms. The number of hydrogen-bond donors (Lipinski definition) is 2. The second-order valence-corrected chi connectivity index (χ2v) is 9.97. The number of anilines is 1. The molecule has 0 aromatic heterocycles. The molecule has 6 heteroatoms. The molecular formula is C23H43BrN2O2S. The summed E-state index contributed by atoms with van der Waals surface area (Å²) in [5.41, 5.74) is 1.89. The van der Waals surface area contributed by atoms with Gasteiger partial charge in [-0.1, -0.05) is 64.5 Å². The van der Waals surface area contributed by atoms with Crippen LogP contribution in [0.1, 0.15) is 90.5 Å². The molecule has 2 atom stereocenters. The summed E-state index contributed by atoms with van der Waals surface area (Å²) in [6.45, 7) is 6.85. The summed E-state index contributed by atoms with van der Waals surface area (Å²) >= 11 is 0. The highest BCUT2D eigenvalue weighted by atomic mass is 79.9. The second-order valence-electron chi connectivity index (χ2n) is 8.22. The molecule has 4 nitrogen and oxygen atoms in total. The Balaban J connectivity index is 0.00000784. The number of benzene rings is 1. The second kappa shape index (κ2) is 16.1. The van der Waals surface area contributed by atoms with Crippen molar-refractivity contribution in [1.82, 2.24) is 5.32 Å². The van der Waals surface area contributed by atoms with Crippen LogP contribution in [0.15, 0.2) is 24.3 Å². The van der Waals surface area contributed by atoms with Crippen molar-refractivity contribution in [3.05, 3.63) is 29.8 Å². The molecule has 0 aliphatic heterocycles. The molecule has 1 rings (SSSR count). The fourth-order valence-corrected chi connectivity index (χ4v) is 4.19. The number of halogens is 1. The van der Waals surface area contributed by atoms with Crippen LogP contribution in [0.25, 0.3) is 0 Å². The molecule has 2 unspecified atom stereocenters. The number of hydrogen-bond acceptors (Lipinski definition) is 3. The van der Waals surface area contributed by atoms with Gasteiger partial charge in [0, 0.05) is 17.8 Å². The molecule has 170 valence electrons. The van der Waals surface area contributed by atoms with E-state index >= 15 is 0 Å². The van der Waals surface area contributed by atoms with Crippen molar-refractivity contribution in [2.75, 3.05) is 11.0 Å². The summed E-state index contributed by atoms with van der Waals surface area (Å²) in [5.74, 6) is 0. The van der Waals surface area contributed by atoms with Gasteiger partial charge < -0.3 is 5.32 Å². The molecule has 2 N–H and O–H groups in total. The molecule has 0 radical (unpaired) electrons. The van der Waals surface area contributed by atoms with E-state index in [-0.39, 0.29) is 17.0 Å². The molecule has 0 fully saturated rings. The zero-order valence-electron chi connectivity index (χ0n) is 18.9. The number of aryl methyl sites for hydroxylation is 1. The molecular weight excluding hydrogens is 448 g/mol. The highest BCUT2D eigenvalue weighted by Gasteiger charge is 2.11. The molecule has 0 saturated heterocycles. The van der Waals surface area contributed by atoms with Crippen LogP contribution in [0.3, 0.4) is 0 Å². The maximum atomic E-state index is 11.3. The fourth-order valence-electron chi connectivity index (χ4n) is 3.63. The molecule has 0 saturated carbocycles. The lowest BCUT2D eigenvalue weighted by molar-refractivity contribution is 0.367. The first kappa shape index (κ1) is 28.4. The Bertz CT molecular complexity index is 620. The summed E-state index contributed by atoms with van der Waals surface area (Å²) in [4.78, 5) is 0. The number of nitrogens with one attached hydrogen (secondary N) is 2. The van der Waals surface area contributed by atoms with E-state index in [1.165, 1.54) is 69.6 Å². The van der Waals surface area contributed by atoms with Crippen molar-refractivity contribution in [3.63, 3.8) is 0 Å². The van der Waals surface area contributed by atoms with Crippen LogP contribution in [0.4, 0.5) is 5.69 Å². The third-order valence-corrected chi connectivity index (χ3v) is 5.80. The van der Waals surface area contributed by atoms with Crippen LogP contribution < -0.4 is 10.0 Å². The van der Waals surface area contributed by atoms with E-state index in [0.29, 0.717) is 17.8 Å². The van der Waals surface area contributed by atoms with E-state index in [1.807, 2.05) is 24.3 Å². The number of unbranched alkanes of at least 4 members (excludes halogenated alkanes) is 4. The van der Waals surface area contributed by atoms with Crippen molar-refractivity contribution in [2.45, 2.75) is 103 Å². The average Bonchev–Trinajstić information content (AvgIpc) is 2.63. The fraction of sp³-hybridized carbons (Fsp3) is 0.739. The van der Waals surface area contributed by atoms with Gasteiger partial charge >= 0.3 is 0 Å². The van der Waals surface area contributed by atoms with E-state index in [2.05, 4.69) is 30.8 Å². The smallest absolute Gasteiger partial charge is 0.229 e. The number of sulfonamides is 1. The Morgan fingerprint density at radius 1 is 0.862 bits per heavy atom. The van der Waals surface area contributed by atoms with Gasteiger partial charge in [0.15, 0.2) is 0 Å².